The Hall–Kier alpha value is -2.71. The van der Waals surface area contributed by atoms with Crippen molar-refractivity contribution in [2.24, 2.45) is 0 Å². The molecule has 5 heteroatoms. The van der Waals surface area contributed by atoms with Crippen molar-refractivity contribution in [2.45, 2.75) is 17.7 Å². The van der Waals surface area contributed by atoms with E-state index in [1.807, 2.05) is 24.3 Å². The number of pyridine rings is 1. The molecule has 0 bridgehead atoms. The molecule has 3 aromatic rings. The Morgan fingerprint density at radius 2 is 2.00 bits per heavy atom. The monoisotopic (exact) mass is 336 g/mol. The maximum absolute atomic E-state index is 12.2. The highest BCUT2D eigenvalue weighted by molar-refractivity contribution is 7.98. The number of nitrogens with one attached hydrogen (secondary N) is 1. The second kappa shape index (κ2) is 6.81. The maximum Gasteiger partial charge on any atom is 0.267 e. The fourth-order valence-corrected chi connectivity index (χ4v) is 3.67. The number of H-pyrrole nitrogens is 1. The normalized spacial score (nSPS) is 10.5. The lowest BCUT2D eigenvalue weighted by molar-refractivity contribution is 0.415. The number of nitrogens with zero attached hydrogens (tertiary/aromatic N) is 1. The first kappa shape index (κ1) is 16.2. The number of nitriles is 1. The molecule has 24 heavy (non-hydrogen) atoms. The first-order valence-corrected chi connectivity index (χ1v) is 8.44. The van der Waals surface area contributed by atoms with Crippen LogP contribution in [0.5, 0.6) is 5.75 Å². The fourth-order valence-electron chi connectivity index (χ4n) is 2.56. The Bertz CT molecular complexity index is 1000. The molecule has 0 saturated carbocycles. The Balaban J connectivity index is 2.08. The van der Waals surface area contributed by atoms with Crippen LogP contribution in [0.15, 0.2) is 52.3 Å². The van der Waals surface area contributed by atoms with Crippen LogP contribution in [0.1, 0.15) is 16.7 Å². The number of benzene rings is 2. The number of thioether (sulfide) groups is 1. The Kier molecular flexibility index (Phi) is 4.59. The second-order valence-corrected chi connectivity index (χ2v) is 6.38. The van der Waals surface area contributed by atoms with Gasteiger partial charge in [0.25, 0.3) is 5.56 Å². The summed E-state index contributed by atoms with van der Waals surface area (Å²) < 4.78 is 5.28. The number of ether oxygens (including phenoxy) is 1. The van der Waals surface area contributed by atoms with Crippen molar-refractivity contribution in [2.75, 3.05) is 7.11 Å². The molecule has 0 fully saturated rings. The number of aromatic nitrogens is 1. The van der Waals surface area contributed by atoms with E-state index < -0.39 is 0 Å². The van der Waals surface area contributed by atoms with Crippen molar-refractivity contribution >= 4 is 22.5 Å². The van der Waals surface area contributed by atoms with Gasteiger partial charge in [0.15, 0.2) is 0 Å². The number of rotatable bonds is 4. The van der Waals surface area contributed by atoms with Gasteiger partial charge in [-0.2, -0.15) is 5.26 Å². The van der Waals surface area contributed by atoms with Crippen LogP contribution in [0.4, 0.5) is 0 Å². The number of hydrogen-bond donors (Lipinski definition) is 1. The van der Waals surface area contributed by atoms with Gasteiger partial charge in [0.1, 0.15) is 17.4 Å². The molecule has 0 aliphatic heterocycles. The van der Waals surface area contributed by atoms with Gasteiger partial charge in [0.2, 0.25) is 0 Å². The van der Waals surface area contributed by atoms with Crippen LogP contribution in [-0.4, -0.2) is 12.1 Å². The van der Waals surface area contributed by atoms with Crippen molar-refractivity contribution in [1.82, 2.24) is 4.98 Å². The molecule has 1 N–H and O–H groups in total. The van der Waals surface area contributed by atoms with Crippen LogP contribution < -0.4 is 10.3 Å². The van der Waals surface area contributed by atoms with Gasteiger partial charge in [-0.3, -0.25) is 4.79 Å². The average Bonchev–Trinajstić information content (AvgIpc) is 2.60. The minimum Gasteiger partial charge on any atom is -0.497 e. The second-order valence-electron chi connectivity index (χ2n) is 5.40. The van der Waals surface area contributed by atoms with Gasteiger partial charge < -0.3 is 9.72 Å². The third-order valence-corrected chi connectivity index (χ3v) is 5.01. The molecule has 0 aliphatic carbocycles. The highest BCUT2D eigenvalue weighted by atomic mass is 32.2. The summed E-state index contributed by atoms with van der Waals surface area (Å²) in [5.41, 5.74) is 2.20. The van der Waals surface area contributed by atoms with Gasteiger partial charge >= 0.3 is 0 Å². The summed E-state index contributed by atoms with van der Waals surface area (Å²) in [6.45, 7) is 2.07. The van der Waals surface area contributed by atoms with E-state index in [1.165, 1.54) is 11.1 Å². The summed E-state index contributed by atoms with van der Waals surface area (Å²) in [4.78, 5) is 15.0. The topological polar surface area (TPSA) is 65.9 Å². The SMILES string of the molecule is COc1ccc2c(C#N)c(=O)[nH]c(SCc3ccccc3C)c2c1. The lowest BCUT2D eigenvalue weighted by Crippen LogP contribution is -2.11. The van der Waals surface area contributed by atoms with Crippen molar-refractivity contribution in [1.29, 1.82) is 5.26 Å². The number of methoxy groups -OCH3 is 1. The van der Waals surface area contributed by atoms with Gasteiger partial charge in [-0.05, 0) is 36.2 Å². The van der Waals surface area contributed by atoms with E-state index in [0.29, 0.717) is 11.1 Å². The predicted octanol–water partition coefficient (Wildman–Crippen LogP) is 4.01. The van der Waals surface area contributed by atoms with Crippen LogP contribution in [0.2, 0.25) is 0 Å². The zero-order valence-corrected chi connectivity index (χ0v) is 14.2. The van der Waals surface area contributed by atoms with Crippen LogP contribution in [0.25, 0.3) is 10.8 Å². The van der Waals surface area contributed by atoms with Gasteiger partial charge in [0, 0.05) is 16.5 Å². The van der Waals surface area contributed by atoms with Crippen molar-refractivity contribution < 1.29 is 4.74 Å². The van der Waals surface area contributed by atoms with E-state index in [0.717, 1.165) is 16.2 Å². The lowest BCUT2D eigenvalue weighted by Gasteiger charge is -2.10. The molecule has 1 heterocycles. The summed E-state index contributed by atoms with van der Waals surface area (Å²) in [7, 11) is 1.60. The van der Waals surface area contributed by atoms with E-state index in [9.17, 15) is 10.1 Å². The summed E-state index contributed by atoms with van der Waals surface area (Å²) in [6.07, 6.45) is 0. The number of aromatic amines is 1. The molecule has 0 amide bonds. The summed E-state index contributed by atoms with van der Waals surface area (Å²) in [6, 6.07) is 15.5. The van der Waals surface area contributed by atoms with Gasteiger partial charge in [-0.15, -0.1) is 11.8 Å². The first-order valence-electron chi connectivity index (χ1n) is 7.45. The van der Waals surface area contributed by atoms with Gasteiger partial charge in [0.05, 0.1) is 12.1 Å². The first-order chi connectivity index (χ1) is 11.6. The number of aryl methyl sites for hydroxylation is 1. The van der Waals surface area contributed by atoms with Crippen LogP contribution >= 0.6 is 11.8 Å². The van der Waals surface area contributed by atoms with E-state index in [2.05, 4.69) is 24.0 Å². The van der Waals surface area contributed by atoms with Crippen LogP contribution in [-0.2, 0) is 5.75 Å². The molecule has 0 unspecified atom stereocenters. The molecule has 3 rings (SSSR count). The van der Waals surface area contributed by atoms with Crippen LogP contribution in [0.3, 0.4) is 0 Å². The minimum absolute atomic E-state index is 0.132. The fraction of sp³-hybridized carbons (Fsp3) is 0.158. The van der Waals surface area contributed by atoms with Crippen LogP contribution in [0, 0.1) is 18.3 Å². The third kappa shape index (κ3) is 3.01. The maximum atomic E-state index is 12.2. The van der Waals surface area contributed by atoms with E-state index >= 15 is 0 Å². The Morgan fingerprint density at radius 3 is 2.71 bits per heavy atom. The Labute approximate surface area is 144 Å². The van der Waals surface area contributed by atoms with E-state index in [-0.39, 0.29) is 11.1 Å². The standard InChI is InChI=1S/C19H16N2O2S/c1-12-5-3-4-6-13(12)11-24-19-16-9-14(23-2)7-8-15(16)17(10-20)18(22)21-19/h3-9H,11H2,1-2H3,(H,21,22). The molecule has 4 nitrogen and oxygen atoms in total. The highest BCUT2D eigenvalue weighted by Gasteiger charge is 2.12. The number of fused-ring (bicyclic) bond motifs is 1. The molecular weight excluding hydrogens is 320 g/mol. The predicted molar refractivity (Wildman–Crippen MR) is 96.6 cm³/mol. The Morgan fingerprint density at radius 1 is 1.21 bits per heavy atom. The highest BCUT2D eigenvalue weighted by Crippen LogP contribution is 2.31. The molecule has 0 saturated heterocycles. The van der Waals surface area contributed by atoms with Crippen molar-refractivity contribution in [3.8, 4) is 11.8 Å². The molecule has 0 atom stereocenters. The minimum atomic E-state index is -0.359. The molecule has 120 valence electrons. The zero-order chi connectivity index (χ0) is 17.1. The summed E-state index contributed by atoms with van der Waals surface area (Å²) in [5, 5.41) is 11.5. The van der Waals surface area contributed by atoms with E-state index in [4.69, 9.17) is 4.74 Å². The molecule has 2 aromatic carbocycles. The van der Waals surface area contributed by atoms with E-state index in [1.54, 1.807) is 31.0 Å². The van der Waals surface area contributed by atoms with Crippen molar-refractivity contribution in [3.05, 3.63) is 69.5 Å². The van der Waals surface area contributed by atoms with Crippen molar-refractivity contribution in [3.63, 3.8) is 0 Å². The molecule has 0 spiro atoms. The molecule has 1 aromatic heterocycles. The average molecular weight is 336 g/mol. The summed E-state index contributed by atoms with van der Waals surface area (Å²) >= 11 is 1.55. The largest absolute Gasteiger partial charge is 0.497 e. The number of hydrogen-bond acceptors (Lipinski definition) is 4. The molecular formula is C19H16N2O2S. The lowest BCUT2D eigenvalue weighted by atomic mass is 10.1. The van der Waals surface area contributed by atoms with Gasteiger partial charge in [-0.25, -0.2) is 0 Å². The van der Waals surface area contributed by atoms with Gasteiger partial charge in [-0.1, -0.05) is 24.3 Å². The third-order valence-electron chi connectivity index (χ3n) is 3.94. The summed E-state index contributed by atoms with van der Waals surface area (Å²) in [5.74, 6) is 1.43. The smallest absolute Gasteiger partial charge is 0.267 e. The molecule has 0 aliphatic rings. The zero-order valence-electron chi connectivity index (χ0n) is 13.4. The quantitative estimate of drug-likeness (QED) is 0.731. The molecule has 0 radical (unpaired) electrons.